The molecule has 2 fully saturated rings. The van der Waals surface area contributed by atoms with Gasteiger partial charge >= 0.3 is 0 Å². The van der Waals surface area contributed by atoms with Gasteiger partial charge in [0.25, 0.3) is 5.91 Å². The molecule has 1 atom stereocenters. The Balaban J connectivity index is 1.29. The van der Waals surface area contributed by atoms with Gasteiger partial charge in [0.2, 0.25) is 5.91 Å². The minimum atomic E-state index is -0.290. The number of ether oxygens (including phenoxy) is 1. The van der Waals surface area contributed by atoms with Gasteiger partial charge in [-0.2, -0.15) is 11.3 Å². The Morgan fingerprint density at radius 2 is 1.97 bits per heavy atom. The number of amides is 2. The molecule has 5 rings (SSSR count). The van der Waals surface area contributed by atoms with Crippen LogP contribution in [-0.2, 0) is 4.79 Å². The largest absolute Gasteiger partial charge is 0.487 e. The van der Waals surface area contributed by atoms with Crippen LogP contribution in [0.2, 0.25) is 0 Å². The van der Waals surface area contributed by atoms with E-state index in [1.165, 1.54) is 6.42 Å². The molecular formula is C24H28N2O3S. The van der Waals surface area contributed by atoms with E-state index in [0.29, 0.717) is 25.6 Å². The number of fused-ring (bicyclic) bond motifs is 1. The molecule has 1 aromatic carbocycles. The third-order valence-electron chi connectivity index (χ3n) is 6.94. The van der Waals surface area contributed by atoms with Gasteiger partial charge in [-0.15, -0.1) is 0 Å². The highest BCUT2D eigenvalue weighted by atomic mass is 32.1. The molecular weight excluding hydrogens is 396 g/mol. The van der Waals surface area contributed by atoms with E-state index in [0.717, 1.165) is 49.0 Å². The summed E-state index contributed by atoms with van der Waals surface area (Å²) in [4.78, 5) is 27.3. The van der Waals surface area contributed by atoms with Crippen LogP contribution in [0.5, 0.6) is 5.75 Å². The maximum atomic E-state index is 12.7. The summed E-state index contributed by atoms with van der Waals surface area (Å²) in [5, 5.41) is 7.05. The predicted molar refractivity (Wildman–Crippen MR) is 117 cm³/mol. The fourth-order valence-electron chi connectivity index (χ4n) is 4.98. The number of piperidine rings is 1. The van der Waals surface area contributed by atoms with Crippen LogP contribution < -0.4 is 10.1 Å². The summed E-state index contributed by atoms with van der Waals surface area (Å²) in [6.07, 6.45) is 6.38. The number of thiophene rings is 1. The van der Waals surface area contributed by atoms with Crippen molar-refractivity contribution in [1.82, 2.24) is 10.2 Å². The molecule has 1 aromatic heterocycles. The summed E-state index contributed by atoms with van der Waals surface area (Å²) in [7, 11) is 0. The number of likely N-dealkylation sites (tertiary alicyclic amines) is 1. The molecule has 1 aliphatic carbocycles. The second kappa shape index (κ2) is 8.06. The first kappa shape index (κ1) is 19.6. The second-order valence-electron chi connectivity index (χ2n) is 8.93. The number of hydrogen-bond acceptors (Lipinski definition) is 4. The number of carbonyl (C=O) groups is 2. The van der Waals surface area contributed by atoms with Crippen molar-refractivity contribution in [1.29, 1.82) is 0 Å². The lowest BCUT2D eigenvalue weighted by Gasteiger charge is -2.47. The van der Waals surface area contributed by atoms with Crippen LogP contribution in [0.4, 0.5) is 0 Å². The molecule has 1 saturated heterocycles. The first-order valence-corrected chi connectivity index (χ1v) is 11.9. The SMILES string of the molecule is O=C(C[C@H]1CC2(CCN(C(=O)c3ccsc3)CC2)Oc2ccccc21)NC1CCC1. The van der Waals surface area contributed by atoms with Crippen LogP contribution in [0.3, 0.4) is 0 Å². The minimum absolute atomic E-state index is 0.110. The van der Waals surface area contributed by atoms with Gasteiger partial charge in [-0.25, -0.2) is 0 Å². The Labute approximate surface area is 181 Å². The van der Waals surface area contributed by atoms with Gasteiger partial charge in [-0.3, -0.25) is 9.59 Å². The fraction of sp³-hybridized carbons (Fsp3) is 0.500. The van der Waals surface area contributed by atoms with Crippen molar-refractivity contribution < 1.29 is 14.3 Å². The average molecular weight is 425 g/mol. The summed E-state index contributed by atoms with van der Waals surface area (Å²) in [5.41, 5.74) is 1.63. The predicted octanol–water partition coefficient (Wildman–Crippen LogP) is 4.35. The van der Waals surface area contributed by atoms with Crippen LogP contribution in [0.15, 0.2) is 41.1 Å². The summed E-state index contributed by atoms with van der Waals surface area (Å²) in [6, 6.07) is 10.4. The van der Waals surface area contributed by atoms with E-state index in [9.17, 15) is 9.59 Å². The van der Waals surface area contributed by atoms with Gasteiger partial charge in [0.05, 0.1) is 5.56 Å². The lowest BCUT2D eigenvalue weighted by atomic mass is 9.76. The van der Waals surface area contributed by atoms with Gasteiger partial charge in [-0.05, 0) is 48.8 Å². The Bertz CT molecular complexity index is 914. The minimum Gasteiger partial charge on any atom is -0.487 e. The van der Waals surface area contributed by atoms with Crippen LogP contribution in [0, 0.1) is 0 Å². The van der Waals surface area contributed by atoms with Crippen LogP contribution >= 0.6 is 11.3 Å². The number of para-hydroxylation sites is 1. The average Bonchev–Trinajstić information content (AvgIpc) is 3.26. The molecule has 3 aliphatic rings. The zero-order valence-electron chi connectivity index (χ0n) is 17.1. The van der Waals surface area contributed by atoms with Crippen molar-refractivity contribution in [2.24, 2.45) is 0 Å². The van der Waals surface area contributed by atoms with Crippen LogP contribution in [-0.4, -0.2) is 41.4 Å². The summed E-state index contributed by atoms with van der Waals surface area (Å²) < 4.78 is 6.54. The van der Waals surface area contributed by atoms with Crippen molar-refractivity contribution in [3.8, 4) is 5.75 Å². The van der Waals surface area contributed by atoms with Crippen molar-refractivity contribution in [3.63, 3.8) is 0 Å². The highest BCUT2D eigenvalue weighted by Crippen LogP contribution is 2.46. The quantitative estimate of drug-likeness (QED) is 0.794. The van der Waals surface area contributed by atoms with Crippen molar-refractivity contribution in [3.05, 3.63) is 52.2 Å². The number of rotatable bonds is 4. The Hall–Kier alpha value is -2.34. The standard InChI is InChI=1S/C24H28N2O3S/c27-22(25-19-4-3-5-19)14-18-15-24(29-21-7-2-1-6-20(18)21)9-11-26(12-10-24)23(28)17-8-13-30-16-17/h1-2,6-8,13,16,18-19H,3-5,9-12,14-15H2,(H,25,27)/t18-/m0/s1. The summed E-state index contributed by atoms with van der Waals surface area (Å²) >= 11 is 1.55. The van der Waals surface area contributed by atoms with Gasteiger partial charge in [0.1, 0.15) is 11.4 Å². The lowest BCUT2D eigenvalue weighted by molar-refractivity contribution is -0.123. The van der Waals surface area contributed by atoms with E-state index in [4.69, 9.17) is 4.74 Å². The second-order valence-corrected chi connectivity index (χ2v) is 9.71. The maximum absolute atomic E-state index is 12.7. The van der Waals surface area contributed by atoms with E-state index in [1.807, 2.05) is 39.9 Å². The highest BCUT2D eigenvalue weighted by Gasteiger charge is 2.44. The molecule has 6 heteroatoms. The van der Waals surface area contributed by atoms with Crippen molar-refractivity contribution in [2.45, 2.75) is 62.5 Å². The molecule has 158 valence electrons. The van der Waals surface area contributed by atoms with E-state index in [-0.39, 0.29) is 23.3 Å². The molecule has 2 aromatic rings. The molecule has 1 spiro atoms. The van der Waals surface area contributed by atoms with E-state index >= 15 is 0 Å². The normalized spacial score (nSPS) is 22.7. The van der Waals surface area contributed by atoms with Crippen LogP contribution in [0.25, 0.3) is 0 Å². The van der Waals surface area contributed by atoms with Crippen molar-refractivity contribution >= 4 is 23.2 Å². The van der Waals surface area contributed by atoms with Gasteiger partial charge in [0.15, 0.2) is 0 Å². The monoisotopic (exact) mass is 424 g/mol. The molecule has 0 bridgehead atoms. The van der Waals surface area contributed by atoms with Crippen LogP contribution in [0.1, 0.15) is 66.8 Å². The van der Waals surface area contributed by atoms with Gasteiger partial charge in [0, 0.05) is 49.7 Å². The number of nitrogens with one attached hydrogen (secondary N) is 1. The van der Waals surface area contributed by atoms with E-state index in [1.54, 1.807) is 11.3 Å². The number of nitrogens with zero attached hydrogens (tertiary/aromatic N) is 1. The van der Waals surface area contributed by atoms with Gasteiger partial charge in [-0.1, -0.05) is 18.2 Å². The first-order valence-electron chi connectivity index (χ1n) is 11.0. The van der Waals surface area contributed by atoms with Gasteiger partial charge < -0.3 is 15.0 Å². The van der Waals surface area contributed by atoms with Crippen molar-refractivity contribution in [2.75, 3.05) is 13.1 Å². The third kappa shape index (κ3) is 3.85. The molecule has 0 unspecified atom stereocenters. The highest BCUT2D eigenvalue weighted by molar-refractivity contribution is 7.08. The Kier molecular flexibility index (Phi) is 5.27. The zero-order valence-corrected chi connectivity index (χ0v) is 18.0. The Morgan fingerprint density at radius 3 is 2.67 bits per heavy atom. The number of carbonyl (C=O) groups excluding carboxylic acids is 2. The smallest absolute Gasteiger partial charge is 0.254 e. The maximum Gasteiger partial charge on any atom is 0.254 e. The molecule has 1 saturated carbocycles. The Morgan fingerprint density at radius 1 is 1.17 bits per heavy atom. The molecule has 5 nitrogen and oxygen atoms in total. The zero-order chi connectivity index (χ0) is 20.6. The topological polar surface area (TPSA) is 58.6 Å². The molecule has 2 amide bonds. The van der Waals surface area contributed by atoms with E-state index < -0.39 is 0 Å². The van der Waals surface area contributed by atoms with E-state index in [2.05, 4.69) is 11.4 Å². The molecule has 0 radical (unpaired) electrons. The first-order chi connectivity index (χ1) is 14.6. The number of hydrogen-bond donors (Lipinski definition) is 1. The summed E-state index contributed by atoms with van der Waals surface area (Å²) in [6.45, 7) is 1.38. The molecule has 3 heterocycles. The molecule has 2 aliphatic heterocycles. The fourth-order valence-corrected chi connectivity index (χ4v) is 5.61. The summed E-state index contributed by atoms with van der Waals surface area (Å²) in [5.74, 6) is 1.33. The third-order valence-corrected chi connectivity index (χ3v) is 7.62. The molecule has 1 N–H and O–H groups in total. The molecule has 30 heavy (non-hydrogen) atoms. The number of benzene rings is 1. The lowest BCUT2D eigenvalue weighted by Crippen LogP contribution is -2.52.